The van der Waals surface area contributed by atoms with Gasteiger partial charge in [-0.1, -0.05) is 6.07 Å². The van der Waals surface area contributed by atoms with Crippen LogP contribution >= 0.6 is 0 Å². The molecular formula is C8H11NO4S. The Morgan fingerprint density at radius 2 is 2.21 bits per heavy atom. The van der Waals surface area contributed by atoms with Crippen molar-refractivity contribution in [2.75, 3.05) is 6.61 Å². The van der Waals surface area contributed by atoms with E-state index in [4.69, 9.17) is 4.55 Å². The highest BCUT2D eigenvalue weighted by atomic mass is 32.3. The Bertz CT molecular complexity index is 362. The lowest BCUT2D eigenvalue weighted by atomic mass is 10.2. The number of hydrogen-bond acceptors (Lipinski definition) is 4. The highest BCUT2D eigenvalue weighted by Crippen LogP contribution is 1.99. The predicted molar refractivity (Wildman–Crippen MR) is 50.1 cm³/mol. The lowest BCUT2D eigenvalue weighted by molar-refractivity contribution is 0.265. The molecule has 0 aliphatic rings. The van der Waals surface area contributed by atoms with Gasteiger partial charge in [0.15, 0.2) is 0 Å². The summed E-state index contributed by atoms with van der Waals surface area (Å²) in [5, 5.41) is 0. The van der Waals surface area contributed by atoms with Crippen LogP contribution in [0.2, 0.25) is 0 Å². The van der Waals surface area contributed by atoms with Gasteiger partial charge in [0.25, 0.3) is 0 Å². The predicted octanol–water partition coefficient (Wildman–Crippen LogP) is 0.834. The van der Waals surface area contributed by atoms with Crippen LogP contribution in [0.4, 0.5) is 0 Å². The second-order valence-electron chi connectivity index (χ2n) is 2.67. The summed E-state index contributed by atoms with van der Waals surface area (Å²) >= 11 is 0. The maximum Gasteiger partial charge on any atom is 0.397 e. The molecule has 0 amide bonds. The van der Waals surface area contributed by atoms with Crippen LogP contribution in [0.25, 0.3) is 0 Å². The van der Waals surface area contributed by atoms with Gasteiger partial charge in [0.1, 0.15) is 0 Å². The summed E-state index contributed by atoms with van der Waals surface area (Å²) in [6.45, 7) is -0.0323. The molecule has 0 atom stereocenters. The molecular weight excluding hydrogens is 206 g/mol. The molecule has 1 N–H and O–H groups in total. The Labute approximate surface area is 82.7 Å². The first-order valence-corrected chi connectivity index (χ1v) is 5.46. The molecule has 0 unspecified atom stereocenters. The average molecular weight is 217 g/mol. The molecule has 0 saturated carbocycles. The zero-order valence-corrected chi connectivity index (χ0v) is 8.27. The molecule has 0 spiro atoms. The van der Waals surface area contributed by atoms with Crippen LogP contribution in [-0.4, -0.2) is 24.6 Å². The lowest BCUT2D eigenvalue weighted by Gasteiger charge is -1.99. The second-order valence-corrected chi connectivity index (χ2v) is 3.77. The molecule has 78 valence electrons. The van der Waals surface area contributed by atoms with Gasteiger partial charge in [0.05, 0.1) is 6.61 Å². The van der Waals surface area contributed by atoms with Crippen LogP contribution in [-0.2, 0) is 21.0 Å². The average Bonchev–Trinajstić information content (AvgIpc) is 2.13. The minimum Gasteiger partial charge on any atom is -0.264 e. The molecule has 1 aromatic heterocycles. The van der Waals surface area contributed by atoms with E-state index in [2.05, 4.69) is 9.17 Å². The first-order valence-electron chi connectivity index (χ1n) is 4.10. The van der Waals surface area contributed by atoms with Gasteiger partial charge in [-0.05, 0) is 25.0 Å². The van der Waals surface area contributed by atoms with Crippen LogP contribution in [0, 0.1) is 0 Å². The summed E-state index contributed by atoms with van der Waals surface area (Å²) < 4.78 is 32.7. The summed E-state index contributed by atoms with van der Waals surface area (Å²) in [6, 6.07) is 5.50. The molecule has 0 saturated heterocycles. The monoisotopic (exact) mass is 217 g/mol. The van der Waals surface area contributed by atoms with Gasteiger partial charge in [0, 0.05) is 11.9 Å². The van der Waals surface area contributed by atoms with Crippen molar-refractivity contribution in [3.8, 4) is 0 Å². The summed E-state index contributed by atoms with van der Waals surface area (Å²) in [6.07, 6.45) is 2.78. The number of hydrogen-bond donors (Lipinski definition) is 1. The fourth-order valence-electron chi connectivity index (χ4n) is 0.964. The molecule has 1 heterocycles. The Morgan fingerprint density at radius 3 is 2.79 bits per heavy atom. The number of nitrogens with zero attached hydrogens (tertiary/aromatic N) is 1. The van der Waals surface area contributed by atoms with Crippen molar-refractivity contribution in [3.05, 3.63) is 30.1 Å². The number of pyridine rings is 1. The van der Waals surface area contributed by atoms with Crippen LogP contribution in [0.3, 0.4) is 0 Å². The normalized spacial score (nSPS) is 11.5. The van der Waals surface area contributed by atoms with Gasteiger partial charge in [-0.3, -0.25) is 9.54 Å². The van der Waals surface area contributed by atoms with Crippen molar-refractivity contribution in [2.45, 2.75) is 12.8 Å². The van der Waals surface area contributed by atoms with Crippen molar-refractivity contribution >= 4 is 10.4 Å². The Hall–Kier alpha value is -0.980. The third-order valence-corrected chi connectivity index (χ3v) is 2.00. The third kappa shape index (κ3) is 4.90. The van der Waals surface area contributed by atoms with Crippen LogP contribution < -0.4 is 0 Å². The number of aromatic nitrogens is 1. The fraction of sp³-hybridized carbons (Fsp3) is 0.375. The van der Waals surface area contributed by atoms with Crippen molar-refractivity contribution < 1.29 is 17.2 Å². The maximum atomic E-state index is 10.2. The van der Waals surface area contributed by atoms with Gasteiger partial charge < -0.3 is 0 Å². The van der Waals surface area contributed by atoms with Crippen LogP contribution in [0.1, 0.15) is 12.1 Å². The van der Waals surface area contributed by atoms with E-state index in [1.807, 2.05) is 12.1 Å². The molecule has 0 aliphatic heterocycles. The quantitative estimate of drug-likeness (QED) is 0.584. The zero-order valence-electron chi connectivity index (χ0n) is 7.46. The minimum atomic E-state index is -4.30. The van der Waals surface area contributed by atoms with Gasteiger partial charge in [-0.25, -0.2) is 4.18 Å². The third-order valence-electron chi connectivity index (χ3n) is 1.54. The van der Waals surface area contributed by atoms with Crippen molar-refractivity contribution in [2.24, 2.45) is 0 Å². The first kappa shape index (κ1) is 11.1. The molecule has 0 fully saturated rings. The molecule has 14 heavy (non-hydrogen) atoms. The largest absolute Gasteiger partial charge is 0.397 e. The van der Waals surface area contributed by atoms with E-state index in [-0.39, 0.29) is 6.61 Å². The molecule has 0 aromatic carbocycles. The Balaban J connectivity index is 2.23. The molecule has 1 rings (SSSR count). The highest BCUT2D eigenvalue weighted by Gasteiger charge is 2.03. The highest BCUT2D eigenvalue weighted by molar-refractivity contribution is 7.80. The smallest absolute Gasteiger partial charge is 0.264 e. The minimum absolute atomic E-state index is 0.0323. The Morgan fingerprint density at radius 1 is 1.43 bits per heavy atom. The van der Waals surface area contributed by atoms with Crippen LogP contribution in [0.5, 0.6) is 0 Å². The van der Waals surface area contributed by atoms with Crippen molar-refractivity contribution in [1.82, 2.24) is 4.98 Å². The molecule has 6 heteroatoms. The van der Waals surface area contributed by atoms with E-state index in [0.29, 0.717) is 12.8 Å². The molecule has 0 bridgehead atoms. The molecule has 0 aliphatic carbocycles. The zero-order chi connectivity index (χ0) is 10.4. The van der Waals surface area contributed by atoms with Crippen molar-refractivity contribution in [3.63, 3.8) is 0 Å². The fourth-order valence-corrected chi connectivity index (χ4v) is 1.29. The number of aryl methyl sites for hydroxylation is 1. The SMILES string of the molecule is O=S(=O)(O)OCCCc1ccccn1. The number of rotatable bonds is 5. The summed E-state index contributed by atoms with van der Waals surface area (Å²) in [7, 11) is -4.30. The lowest BCUT2D eigenvalue weighted by Crippen LogP contribution is -2.05. The standard InChI is InChI=1S/C8H11NO4S/c10-14(11,12)13-7-3-5-8-4-1-2-6-9-8/h1-2,4,6H,3,5,7H2,(H,10,11,12). The van der Waals surface area contributed by atoms with E-state index >= 15 is 0 Å². The van der Waals surface area contributed by atoms with Gasteiger partial charge in [-0.2, -0.15) is 8.42 Å². The molecule has 5 nitrogen and oxygen atoms in total. The summed E-state index contributed by atoms with van der Waals surface area (Å²) in [5.74, 6) is 0. The van der Waals surface area contributed by atoms with E-state index in [9.17, 15) is 8.42 Å². The van der Waals surface area contributed by atoms with Crippen LogP contribution in [0.15, 0.2) is 24.4 Å². The van der Waals surface area contributed by atoms with E-state index in [1.54, 1.807) is 12.3 Å². The Kier molecular flexibility index (Phi) is 3.99. The van der Waals surface area contributed by atoms with Gasteiger partial charge in [-0.15, -0.1) is 0 Å². The maximum absolute atomic E-state index is 10.2. The van der Waals surface area contributed by atoms with E-state index < -0.39 is 10.4 Å². The molecule has 1 aromatic rings. The summed E-state index contributed by atoms with van der Waals surface area (Å²) in [5.41, 5.74) is 0.867. The van der Waals surface area contributed by atoms with E-state index in [1.165, 1.54) is 0 Å². The first-order chi connectivity index (χ1) is 6.58. The second kappa shape index (κ2) is 5.04. The molecule has 0 radical (unpaired) electrons. The summed E-state index contributed by atoms with van der Waals surface area (Å²) in [4.78, 5) is 4.05. The van der Waals surface area contributed by atoms with E-state index in [0.717, 1.165) is 5.69 Å². The van der Waals surface area contributed by atoms with Gasteiger partial charge in [0.2, 0.25) is 0 Å². The van der Waals surface area contributed by atoms with Crippen molar-refractivity contribution in [1.29, 1.82) is 0 Å². The topological polar surface area (TPSA) is 76.5 Å². The van der Waals surface area contributed by atoms with Gasteiger partial charge >= 0.3 is 10.4 Å².